The maximum atomic E-state index is 15.6. The quantitative estimate of drug-likeness (QED) is 0.196. The SMILES string of the molecule is CC(C)(COCCN1CCC(C(=O)O)CC1)c1cc2cc(NC(=O)C3(c4ccc5c(c4)OC(F)(F)O5)CC3)c(F)cc2n1C[C@@H](O)CO. The highest BCUT2D eigenvalue weighted by Gasteiger charge is 2.53. The van der Waals surface area contributed by atoms with Crippen molar-refractivity contribution in [2.24, 2.45) is 5.92 Å². The molecule has 1 aliphatic carbocycles. The van der Waals surface area contributed by atoms with Crippen LogP contribution in [-0.2, 0) is 31.7 Å². The first kappa shape index (κ1) is 34.0. The number of aliphatic hydroxyl groups excluding tert-OH is 2. The number of halogens is 3. The number of aliphatic hydroxyl groups is 2. The van der Waals surface area contributed by atoms with Crippen LogP contribution in [0.3, 0.4) is 0 Å². The van der Waals surface area contributed by atoms with Crippen LogP contribution in [0.15, 0.2) is 36.4 Å². The summed E-state index contributed by atoms with van der Waals surface area (Å²) in [5, 5.41) is 32.5. The number of fused-ring (bicyclic) bond motifs is 2. The van der Waals surface area contributed by atoms with E-state index < -0.39 is 47.5 Å². The summed E-state index contributed by atoms with van der Waals surface area (Å²) in [5.41, 5.74) is -0.0618. The van der Waals surface area contributed by atoms with Crippen LogP contribution in [0.2, 0.25) is 0 Å². The fraction of sp³-hybridized carbons (Fsp3) is 0.529. The molecule has 1 atom stereocenters. The molecule has 14 heteroatoms. The van der Waals surface area contributed by atoms with E-state index in [4.69, 9.17) is 4.74 Å². The predicted octanol–water partition coefficient (Wildman–Crippen LogP) is 4.22. The summed E-state index contributed by atoms with van der Waals surface area (Å²) in [6, 6.07) is 8.85. The van der Waals surface area contributed by atoms with Gasteiger partial charge in [-0.2, -0.15) is 0 Å². The average Bonchev–Trinajstić information content (AvgIpc) is 3.69. The average molecular weight is 676 g/mol. The van der Waals surface area contributed by atoms with Gasteiger partial charge in [-0.25, -0.2) is 4.39 Å². The van der Waals surface area contributed by atoms with Gasteiger partial charge in [0.2, 0.25) is 5.91 Å². The molecule has 11 nitrogen and oxygen atoms in total. The van der Waals surface area contributed by atoms with Crippen LogP contribution in [0, 0.1) is 11.7 Å². The van der Waals surface area contributed by atoms with Crippen molar-refractivity contribution in [1.82, 2.24) is 9.47 Å². The minimum atomic E-state index is -3.79. The first-order chi connectivity index (χ1) is 22.7. The number of aliphatic carboxylic acids is 1. The third-order valence-corrected chi connectivity index (χ3v) is 9.63. The second-order valence-electron chi connectivity index (χ2n) is 13.6. The van der Waals surface area contributed by atoms with Gasteiger partial charge in [-0.3, -0.25) is 9.59 Å². The number of amides is 1. The second-order valence-corrected chi connectivity index (χ2v) is 13.6. The van der Waals surface area contributed by atoms with Crippen molar-refractivity contribution in [1.29, 1.82) is 0 Å². The predicted molar refractivity (Wildman–Crippen MR) is 168 cm³/mol. The van der Waals surface area contributed by atoms with Crippen molar-refractivity contribution < 1.29 is 52.3 Å². The Labute approximate surface area is 275 Å². The van der Waals surface area contributed by atoms with E-state index in [1.54, 1.807) is 4.57 Å². The molecule has 0 radical (unpaired) electrons. The minimum absolute atomic E-state index is 0.00526. The Hall–Kier alpha value is -3.85. The molecule has 2 aliphatic heterocycles. The van der Waals surface area contributed by atoms with Crippen LogP contribution >= 0.6 is 0 Å². The van der Waals surface area contributed by atoms with Crippen LogP contribution in [0.5, 0.6) is 11.5 Å². The largest absolute Gasteiger partial charge is 0.586 e. The van der Waals surface area contributed by atoms with Gasteiger partial charge in [0.25, 0.3) is 0 Å². The summed E-state index contributed by atoms with van der Waals surface area (Å²) in [7, 11) is 0. The van der Waals surface area contributed by atoms with Gasteiger partial charge in [0.05, 0.1) is 55.0 Å². The molecular weight excluding hydrogens is 635 g/mol. The van der Waals surface area contributed by atoms with Gasteiger partial charge in [-0.1, -0.05) is 19.9 Å². The number of carbonyl (C=O) groups excluding carboxylic acids is 1. The van der Waals surface area contributed by atoms with Crippen LogP contribution in [-0.4, -0.2) is 88.5 Å². The number of piperidine rings is 1. The smallest absolute Gasteiger partial charge is 0.481 e. The summed E-state index contributed by atoms with van der Waals surface area (Å²) in [5.74, 6) is -2.55. The lowest BCUT2D eigenvalue weighted by molar-refractivity contribution is -0.286. The van der Waals surface area contributed by atoms with Gasteiger partial charge >= 0.3 is 12.3 Å². The third-order valence-electron chi connectivity index (χ3n) is 9.63. The molecule has 0 spiro atoms. The molecule has 3 aromatic rings. The molecule has 1 aromatic heterocycles. The number of anilines is 1. The molecule has 1 amide bonds. The number of carboxylic acids is 1. The topological polar surface area (TPSA) is 143 Å². The molecule has 260 valence electrons. The number of carbonyl (C=O) groups is 2. The lowest BCUT2D eigenvalue weighted by Crippen LogP contribution is -2.38. The van der Waals surface area contributed by atoms with Gasteiger partial charge < -0.3 is 44.3 Å². The fourth-order valence-corrected chi connectivity index (χ4v) is 6.66. The number of hydrogen-bond acceptors (Lipinski definition) is 8. The standard InChI is InChI=1S/C34H40F3N3O8/c1-32(2,19-46-12-11-39-9-5-20(6-10-39)30(43)44)29-14-21-13-25(24(35)16-26(21)40(29)17-23(42)18-41)38-31(45)33(7-8-33)22-3-4-27-28(15-22)48-34(36,37)47-27/h3-4,13-16,20,23,41-42H,5-12,17-19H2,1-2H3,(H,38,45)(H,43,44)/t23-/m1/s1. The van der Waals surface area contributed by atoms with E-state index in [-0.39, 0.29) is 29.6 Å². The number of nitrogens with zero attached hydrogens (tertiary/aromatic N) is 2. The molecule has 4 N–H and O–H groups in total. The first-order valence-electron chi connectivity index (χ1n) is 16.1. The number of aromatic nitrogens is 1. The zero-order chi connectivity index (χ0) is 34.4. The Bertz CT molecular complexity index is 1700. The lowest BCUT2D eigenvalue weighted by Gasteiger charge is -2.31. The molecule has 2 aromatic carbocycles. The number of ether oxygens (including phenoxy) is 3. The summed E-state index contributed by atoms with van der Waals surface area (Å²) < 4.78 is 59.6. The number of nitrogens with one attached hydrogen (secondary N) is 1. The van der Waals surface area contributed by atoms with Crippen molar-refractivity contribution in [2.45, 2.75) is 69.3 Å². The van der Waals surface area contributed by atoms with Crippen molar-refractivity contribution in [2.75, 3.05) is 44.8 Å². The summed E-state index contributed by atoms with van der Waals surface area (Å²) in [6.07, 6.45) is -2.81. The number of likely N-dealkylation sites (tertiary alicyclic amines) is 1. The Morgan fingerprint density at radius 2 is 1.81 bits per heavy atom. The number of alkyl halides is 2. The third kappa shape index (κ3) is 6.84. The molecule has 48 heavy (non-hydrogen) atoms. The molecule has 3 heterocycles. The van der Waals surface area contributed by atoms with Gasteiger partial charge in [-0.15, -0.1) is 8.78 Å². The van der Waals surface area contributed by atoms with E-state index in [0.717, 1.165) is 5.69 Å². The molecular formula is C34H40F3N3O8. The lowest BCUT2D eigenvalue weighted by atomic mass is 9.90. The Morgan fingerprint density at radius 3 is 2.48 bits per heavy atom. The zero-order valence-corrected chi connectivity index (χ0v) is 26.8. The first-order valence-corrected chi connectivity index (χ1v) is 16.1. The van der Waals surface area contributed by atoms with E-state index in [1.807, 2.05) is 19.9 Å². The van der Waals surface area contributed by atoms with E-state index in [1.165, 1.54) is 30.3 Å². The summed E-state index contributed by atoms with van der Waals surface area (Å²) in [6.45, 7) is 6.18. The van der Waals surface area contributed by atoms with Crippen molar-refractivity contribution in [3.05, 3.63) is 53.5 Å². The van der Waals surface area contributed by atoms with Crippen LogP contribution in [0.1, 0.15) is 50.8 Å². The maximum absolute atomic E-state index is 15.6. The van der Waals surface area contributed by atoms with Crippen LogP contribution in [0.4, 0.5) is 18.9 Å². The molecule has 6 rings (SSSR count). The number of benzene rings is 2. The number of rotatable bonds is 13. The summed E-state index contributed by atoms with van der Waals surface area (Å²) in [4.78, 5) is 26.9. The number of carboxylic acid groups (broad SMARTS) is 1. The Kier molecular flexibility index (Phi) is 9.13. The molecule has 3 aliphatic rings. The summed E-state index contributed by atoms with van der Waals surface area (Å²) >= 11 is 0. The Balaban J connectivity index is 1.18. The monoisotopic (exact) mass is 675 g/mol. The number of hydrogen-bond donors (Lipinski definition) is 4. The highest BCUT2D eigenvalue weighted by Crippen LogP contribution is 2.52. The Morgan fingerprint density at radius 1 is 1.10 bits per heavy atom. The molecule has 1 saturated heterocycles. The fourth-order valence-electron chi connectivity index (χ4n) is 6.66. The van der Waals surface area contributed by atoms with Crippen LogP contribution in [0.25, 0.3) is 10.9 Å². The highest BCUT2D eigenvalue weighted by molar-refractivity contribution is 6.03. The van der Waals surface area contributed by atoms with E-state index in [9.17, 15) is 33.7 Å². The normalized spacial score (nSPS) is 19.4. The minimum Gasteiger partial charge on any atom is -0.481 e. The van der Waals surface area contributed by atoms with Gasteiger partial charge in [0.1, 0.15) is 5.82 Å². The van der Waals surface area contributed by atoms with Crippen LogP contribution < -0.4 is 14.8 Å². The van der Waals surface area contributed by atoms with Gasteiger partial charge in [0.15, 0.2) is 11.5 Å². The molecule has 0 unspecified atom stereocenters. The maximum Gasteiger partial charge on any atom is 0.586 e. The van der Waals surface area contributed by atoms with E-state index >= 15 is 4.39 Å². The van der Waals surface area contributed by atoms with Crippen molar-refractivity contribution in [3.63, 3.8) is 0 Å². The van der Waals surface area contributed by atoms with Crippen molar-refractivity contribution in [3.8, 4) is 11.5 Å². The van der Waals surface area contributed by atoms with E-state index in [2.05, 4.69) is 19.7 Å². The molecule has 0 bridgehead atoms. The molecule has 1 saturated carbocycles. The van der Waals surface area contributed by atoms with Gasteiger partial charge in [0, 0.05) is 29.1 Å². The van der Waals surface area contributed by atoms with Crippen molar-refractivity contribution >= 4 is 28.5 Å². The molecule has 2 fully saturated rings. The zero-order valence-electron chi connectivity index (χ0n) is 26.8. The second kappa shape index (κ2) is 12.9. The van der Waals surface area contributed by atoms with Gasteiger partial charge in [-0.05, 0) is 68.6 Å². The highest BCUT2D eigenvalue weighted by atomic mass is 19.3. The van der Waals surface area contributed by atoms with E-state index in [0.29, 0.717) is 75.0 Å².